The molecule has 118 valence electrons. The monoisotopic (exact) mass is 337 g/mol. The zero-order valence-electron chi connectivity index (χ0n) is 12.4. The lowest BCUT2D eigenvalue weighted by Crippen LogP contribution is -1.92. The van der Waals surface area contributed by atoms with E-state index in [1.165, 1.54) is 6.33 Å². The van der Waals surface area contributed by atoms with Crippen LogP contribution < -0.4 is 10.5 Å². The maximum atomic E-state index is 5.94. The molecule has 2 aromatic carbocycles. The number of nitrogens with one attached hydrogen (secondary N) is 1. The molecule has 0 unspecified atom stereocenters. The molecule has 4 aromatic rings. The van der Waals surface area contributed by atoms with Gasteiger partial charge in [-0.1, -0.05) is 11.6 Å². The summed E-state index contributed by atoms with van der Waals surface area (Å²) in [6.07, 6.45) is 1.39. The first kappa shape index (κ1) is 14.5. The van der Waals surface area contributed by atoms with Crippen molar-refractivity contribution < 1.29 is 4.74 Å². The van der Waals surface area contributed by atoms with E-state index >= 15 is 0 Å². The summed E-state index contributed by atoms with van der Waals surface area (Å²) in [6, 6.07) is 14.8. The third kappa shape index (κ3) is 2.63. The molecule has 0 bridgehead atoms. The van der Waals surface area contributed by atoms with E-state index in [2.05, 4.69) is 20.2 Å². The number of nitrogens with zero attached hydrogens (tertiary/aromatic N) is 3. The Kier molecular flexibility index (Phi) is 3.51. The smallest absolute Gasteiger partial charge is 0.186 e. The lowest BCUT2D eigenvalue weighted by molar-refractivity contribution is 0.483. The summed E-state index contributed by atoms with van der Waals surface area (Å²) < 4.78 is 5.78. The fourth-order valence-electron chi connectivity index (χ4n) is 2.42. The normalized spacial score (nSPS) is 10.9. The topological polar surface area (TPSA) is 89.7 Å². The zero-order valence-corrected chi connectivity index (χ0v) is 13.2. The number of nitrogen functional groups attached to an aromatic ring is 1. The van der Waals surface area contributed by atoms with Crippen LogP contribution in [0, 0.1) is 0 Å². The van der Waals surface area contributed by atoms with Gasteiger partial charge in [-0.15, -0.1) is 0 Å². The molecule has 6 nitrogen and oxygen atoms in total. The van der Waals surface area contributed by atoms with Crippen molar-refractivity contribution in [1.29, 1.82) is 0 Å². The molecule has 0 saturated heterocycles. The van der Waals surface area contributed by atoms with Crippen LogP contribution in [0.25, 0.3) is 22.3 Å². The summed E-state index contributed by atoms with van der Waals surface area (Å²) >= 11 is 5.87. The van der Waals surface area contributed by atoms with Crippen LogP contribution in [0.2, 0.25) is 5.02 Å². The van der Waals surface area contributed by atoms with Gasteiger partial charge in [0.15, 0.2) is 5.65 Å². The number of fused-ring (bicyclic) bond motifs is 1. The van der Waals surface area contributed by atoms with E-state index in [1.807, 2.05) is 36.4 Å². The van der Waals surface area contributed by atoms with Crippen molar-refractivity contribution in [3.05, 3.63) is 59.9 Å². The Balaban J connectivity index is 1.64. The van der Waals surface area contributed by atoms with E-state index in [9.17, 15) is 0 Å². The fraction of sp³-hybridized carbons (Fsp3) is 0. The summed E-state index contributed by atoms with van der Waals surface area (Å²) in [5, 5.41) is 8.49. The molecule has 0 saturated carbocycles. The molecule has 24 heavy (non-hydrogen) atoms. The van der Waals surface area contributed by atoms with Crippen LogP contribution >= 0.6 is 11.6 Å². The van der Waals surface area contributed by atoms with Crippen molar-refractivity contribution in [2.45, 2.75) is 0 Å². The first-order valence-electron chi connectivity index (χ1n) is 7.19. The molecule has 0 aliphatic carbocycles. The Morgan fingerprint density at radius 3 is 2.29 bits per heavy atom. The van der Waals surface area contributed by atoms with Gasteiger partial charge in [0.1, 0.15) is 23.6 Å². The van der Waals surface area contributed by atoms with Gasteiger partial charge < -0.3 is 10.5 Å². The van der Waals surface area contributed by atoms with Gasteiger partial charge in [0, 0.05) is 10.6 Å². The Bertz CT molecular complexity index is 996. The van der Waals surface area contributed by atoms with E-state index in [0.717, 1.165) is 17.0 Å². The van der Waals surface area contributed by atoms with Gasteiger partial charge in [-0.3, -0.25) is 5.10 Å². The van der Waals surface area contributed by atoms with E-state index in [-0.39, 0.29) is 0 Å². The summed E-state index contributed by atoms with van der Waals surface area (Å²) in [5.41, 5.74) is 8.17. The number of H-pyrrole nitrogens is 1. The van der Waals surface area contributed by atoms with Gasteiger partial charge in [0.2, 0.25) is 0 Å². The highest BCUT2D eigenvalue weighted by Crippen LogP contribution is 2.30. The Morgan fingerprint density at radius 1 is 0.917 bits per heavy atom. The van der Waals surface area contributed by atoms with Gasteiger partial charge in [0.05, 0.1) is 11.1 Å². The molecular weight excluding hydrogens is 326 g/mol. The minimum atomic E-state index is 0.394. The summed E-state index contributed by atoms with van der Waals surface area (Å²) in [4.78, 5) is 8.12. The molecule has 3 N–H and O–H groups in total. The summed E-state index contributed by atoms with van der Waals surface area (Å²) in [5.74, 6) is 1.83. The molecule has 2 aromatic heterocycles. The SMILES string of the molecule is Nc1ncnc2n[nH]c(-c3ccc(Oc4ccc(Cl)cc4)cc3)c12. The molecule has 0 spiro atoms. The third-order valence-electron chi connectivity index (χ3n) is 3.57. The second-order valence-corrected chi connectivity index (χ2v) is 5.57. The standard InChI is InChI=1S/C17H12ClN5O/c18-11-3-7-13(8-4-11)24-12-5-1-10(2-6-12)15-14-16(19)20-9-21-17(14)23-22-15/h1-9H,(H3,19,20,21,22,23). The number of aromatic nitrogens is 4. The fourth-order valence-corrected chi connectivity index (χ4v) is 2.54. The van der Waals surface area contributed by atoms with Gasteiger partial charge in [-0.05, 0) is 48.5 Å². The number of anilines is 1. The highest BCUT2D eigenvalue weighted by molar-refractivity contribution is 6.30. The highest BCUT2D eigenvalue weighted by Gasteiger charge is 2.12. The Hall–Kier alpha value is -3.12. The maximum absolute atomic E-state index is 5.94. The molecule has 0 fully saturated rings. The van der Waals surface area contributed by atoms with Crippen LogP contribution in [0.15, 0.2) is 54.9 Å². The number of rotatable bonds is 3. The number of halogens is 1. The van der Waals surface area contributed by atoms with Crippen molar-refractivity contribution in [2.75, 3.05) is 5.73 Å². The molecule has 0 aliphatic heterocycles. The minimum Gasteiger partial charge on any atom is -0.457 e. The van der Waals surface area contributed by atoms with Crippen LogP contribution in [0.1, 0.15) is 0 Å². The summed E-state index contributed by atoms with van der Waals surface area (Å²) in [7, 11) is 0. The quantitative estimate of drug-likeness (QED) is 0.588. The number of hydrogen-bond acceptors (Lipinski definition) is 5. The second-order valence-electron chi connectivity index (χ2n) is 5.14. The van der Waals surface area contributed by atoms with Gasteiger partial charge >= 0.3 is 0 Å². The summed E-state index contributed by atoms with van der Waals surface area (Å²) in [6.45, 7) is 0. The lowest BCUT2D eigenvalue weighted by Gasteiger charge is -2.07. The Labute approximate surface area is 142 Å². The molecule has 0 radical (unpaired) electrons. The number of hydrogen-bond donors (Lipinski definition) is 2. The van der Waals surface area contributed by atoms with Crippen molar-refractivity contribution >= 4 is 28.5 Å². The van der Waals surface area contributed by atoms with Gasteiger partial charge in [0.25, 0.3) is 0 Å². The minimum absolute atomic E-state index is 0.394. The first-order valence-corrected chi connectivity index (χ1v) is 7.57. The molecule has 0 atom stereocenters. The average molecular weight is 338 g/mol. The predicted molar refractivity (Wildman–Crippen MR) is 93.1 cm³/mol. The Morgan fingerprint density at radius 2 is 1.58 bits per heavy atom. The van der Waals surface area contributed by atoms with Crippen LogP contribution in [0.3, 0.4) is 0 Å². The maximum Gasteiger partial charge on any atom is 0.186 e. The molecule has 7 heteroatoms. The third-order valence-corrected chi connectivity index (χ3v) is 3.82. The number of ether oxygens (including phenoxy) is 1. The van der Waals surface area contributed by atoms with Crippen molar-refractivity contribution in [3.8, 4) is 22.8 Å². The van der Waals surface area contributed by atoms with Crippen molar-refractivity contribution in [2.24, 2.45) is 0 Å². The second kappa shape index (κ2) is 5.82. The number of nitrogens with two attached hydrogens (primary N) is 1. The number of benzene rings is 2. The van der Waals surface area contributed by atoms with Crippen LogP contribution in [-0.4, -0.2) is 20.2 Å². The predicted octanol–water partition coefficient (Wildman–Crippen LogP) is 4.05. The van der Waals surface area contributed by atoms with E-state index in [4.69, 9.17) is 22.1 Å². The molecule has 2 heterocycles. The van der Waals surface area contributed by atoms with Crippen molar-refractivity contribution in [3.63, 3.8) is 0 Å². The average Bonchev–Trinajstić information content (AvgIpc) is 3.03. The first-order chi connectivity index (χ1) is 11.7. The zero-order chi connectivity index (χ0) is 16.5. The van der Waals surface area contributed by atoms with Gasteiger partial charge in [-0.25, -0.2) is 9.97 Å². The molecule has 0 amide bonds. The van der Waals surface area contributed by atoms with E-state index in [1.54, 1.807) is 12.1 Å². The van der Waals surface area contributed by atoms with Crippen LogP contribution in [0.4, 0.5) is 5.82 Å². The van der Waals surface area contributed by atoms with E-state index in [0.29, 0.717) is 27.6 Å². The van der Waals surface area contributed by atoms with Gasteiger partial charge in [-0.2, -0.15) is 5.10 Å². The van der Waals surface area contributed by atoms with Crippen LogP contribution in [-0.2, 0) is 0 Å². The lowest BCUT2D eigenvalue weighted by atomic mass is 10.1. The molecule has 0 aliphatic rings. The highest BCUT2D eigenvalue weighted by atomic mass is 35.5. The van der Waals surface area contributed by atoms with Crippen molar-refractivity contribution in [1.82, 2.24) is 20.2 Å². The largest absolute Gasteiger partial charge is 0.457 e. The van der Waals surface area contributed by atoms with E-state index < -0.39 is 0 Å². The molecule has 4 rings (SSSR count). The number of aromatic amines is 1. The molecular formula is C17H12ClN5O. The van der Waals surface area contributed by atoms with Crippen LogP contribution in [0.5, 0.6) is 11.5 Å².